The molecule has 0 radical (unpaired) electrons. The maximum atomic E-state index is 13.0. The zero-order chi connectivity index (χ0) is 12.8. The van der Waals surface area contributed by atoms with Crippen molar-refractivity contribution >= 4 is 11.7 Å². The zero-order valence-corrected chi connectivity index (χ0v) is 9.31. The van der Waals surface area contributed by atoms with E-state index in [1.165, 1.54) is 19.2 Å². The van der Waals surface area contributed by atoms with Crippen molar-refractivity contribution in [2.45, 2.75) is 6.10 Å². The van der Waals surface area contributed by atoms with Crippen LogP contribution in [0, 0.1) is 5.82 Å². The summed E-state index contributed by atoms with van der Waals surface area (Å²) >= 11 is 0. The molecule has 0 spiro atoms. The van der Waals surface area contributed by atoms with Gasteiger partial charge < -0.3 is 20.3 Å². The number of hydrogen-bond donors (Lipinski definition) is 3. The minimum absolute atomic E-state index is 0.0395. The van der Waals surface area contributed by atoms with Crippen molar-refractivity contribution < 1.29 is 24.1 Å². The van der Waals surface area contributed by atoms with Gasteiger partial charge >= 0.3 is 5.97 Å². The third kappa shape index (κ3) is 3.69. The number of aliphatic hydroxyl groups excluding tert-OH is 2. The number of esters is 1. The van der Waals surface area contributed by atoms with Crippen LogP contribution in [0.4, 0.5) is 10.1 Å². The fraction of sp³-hybridized carbons (Fsp3) is 0.364. The number of nitrogens with one attached hydrogen (secondary N) is 1. The molecule has 94 valence electrons. The lowest BCUT2D eigenvalue weighted by Gasteiger charge is -2.13. The van der Waals surface area contributed by atoms with Crippen molar-refractivity contribution in [1.29, 1.82) is 0 Å². The van der Waals surface area contributed by atoms with Gasteiger partial charge in [0.25, 0.3) is 0 Å². The number of rotatable bonds is 5. The highest BCUT2D eigenvalue weighted by molar-refractivity contribution is 5.95. The fourth-order valence-corrected chi connectivity index (χ4v) is 1.24. The van der Waals surface area contributed by atoms with Crippen molar-refractivity contribution in [3.05, 3.63) is 29.6 Å². The fourth-order valence-electron chi connectivity index (χ4n) is 1.24. The number of anilines is 1. The summed E-state index contributed by atoms with van der Waals surface area (Å²) in [6, 6.07) is 3.59. The van der Waals surface area contributed by atoms with Gasteiger partial charge in [-0.25, -0.2) is 9.18 Å². The van der Waals surface area contributed by atoms with E-state index in [4.69, 9.17) is 10.2 Å². The van der Waals surface area contributed by atoms with Crippen LogP contribution in [-0.4, -0.2) is 42.5 Å². The molecule has 0 aliphatic carbocycles. The number of aliphatic hydroxyl groups is 2. The normalized spacial score (nSPS) is 12.0. The van der Waals surface area contributed by atoms with Gasteiger partial charge in [0.15, 0.2) is 0 Å². The average molecular weight is 243 g/mol. The lowest BCUT2D eigenvalue weighted by Crippen LogP contribution is -2.24. The largest absolute Gasteiger partial charge is 0.465 e. The second-order valence-corrected chi connectivity index (χ2v) is 3.40. The number of carbonyl (C=O) groups is 1. The molecule has 0 saturated carbocycles. The Labute approximate surface area is 97.8 Å². The molecule has 1 atom stereocenters. The van der Waals surface area contributed by atoms with Crippen LogP contribution < -0.4 is 5.32 Å². The molecule has 1 aromatic carbocycles. The SMILES string of the molecule is COC(=O)c1cc(F)ccc1NCC(O)CO. The summed E-state index contributed by atoms with van der Waals surface area (Å²) in [5.74, 6) is -1.23. The van der Waals surface area contributed by atoms with Gasteiger partial charge in [0.2, 0.25) is 0 Å². The van der Waals surface area contributed by atoms with Crippen LogP contribution in [0.25, 0.3) is 0 Å². The zero-order valence-electron chi connectivity index (χ0n) is 9.31. The van der Waals surface area contributed by atoms with Crippen molar-refractivity contribution in [1.82, 2.24) is 0 Å². The van der Waals surface area contributed by atoms with Crippen molar-refractivity contribution in [3.63, 3.8) is 0 Å². The third-order valence-corrected chi connectivity index (χ3v) is 2.13. The highest BCUT2D eigenvalue weighted by atomic mass is 19.1. The summed E-state index contributed by atoms with van der Waals surface area (Å²) < 4.78 is 17.5. The summed E-state index contributed by atoms with van der Waals surface area (Å²) in [7, 11) is 1.19. The number of methoxy groups -OCH3 is 1. The lowest BCUT2D eigenvalue weighted by atomic mass is 10.1. The molecule has 0 amide bonds. The number of halogens is 1. The van der Waals surface area contributed by atoms with Crippen LogP contribution in [0.5, 0.6) is 0 Å². The topological polar surface area (TPSA) is 78.8 Å². The molecule has 5 nitrogen and oxygen atoms in total. The van der Waals surface area contributed by atoms with E-state index in [2.05, 4.69) is 10.1 Å². The van der Waals surface area contributed by atoms with Crippen molar-refractivity contribution in [2.24, 2.45) is 0 Å². The Hall–Kier alpha value is -1.66. The molecule has 0 saturated heterocycles. The predicted octanol–water partition coefficient (Wildman–Crippen LogP) is 0.377. The maximum absolute atomic E-state index is 13.0. The van der Waals surface area contributed by atoms with Gasteiger partial charge in [-0.15, -0.1) is 0 Å². The van der Waals surface area contributed by atoms with E-state index in [0.29, 0.717) is 5.69 Å². The lowest BCUT2D eigenvalue weighted by molar-refractivity contribution is 0.0601. The first-order chi connectivity index (χ1) is 8.08. The molecule has 6 heteroatoms. The smallest absolute Gasteiger partial charge is 0.340 e. The van der Waals surface area contributed by atoms with Crippen LogP contribution in [-0.2, 0) is 4.74 Å². The molecule has 0 bridgehead atoms. The van der Waals surface area contributed by atoms with Gasteiger partial charge in [0, 0.05) is 12.2 Å². The summed E-state index contributed by atoms with van der Waals surface area (Å²) in [5.41, 5.74) is 0.378. The van der Waals surface area contributed by atoms with Crippen LogP contribution in [0.2, 0.25) is 0 Å². The minimum atomic E-state index is -0.953. The molecule has 1 rings (SSSR count). The molecule has 0 aromatic heterocycles. The number of ether oxygens (including phenoxy) is 1. The van der Waals surface area contributed by atoms with Gasteiger partial charge in [-0.05, 0) is 18.2 Å². The van der Waals surface area contributed by atoms with E-state index in [9.17, 15) is 9.18 Å². The van der Waals surface area contributed by atoms with Crippen molar-refractivity contribution in [3.8, 4) is 0 Å². The number of carbonyl (C=O) groups excluding carboxylic acids is 1. The Balaban J connectivity index is 2.86. The van der Waals surface area contributed by atoms with E-state index < -0.39 is 24.5 Å². The molecule has 1 aromatic rings. The van der Waals surface area contributed by atoms with Crippen LogP contribution in [0.15, 0.2) is 18.2 Å². The van der Waals surface area contributed by atoms with E-state index >= 15 is 0 Å². The van der Waals surface area contributed by atoms with E-state index in [0.717, 1.165) is 6.07 Å². The molecular weight excluding hydrogens is 229 g/mol. The summed E-state index contributed by atoms with van der Waals surface area (Å²) in [4.78, 5) is 11.4. The Morgan fingerprint density at radius 2 is 2.29 bits per heavy atom. The highest BCUT2D eigenvalue weighted by Crippen LogP contribution is 2.18. The maximum Gasteiger partial charge on any atom is 0.340 e. The third-order valence-electron chi connectivity index (χ3n) is 2.13. The van der Waals surface area contributed by atoms with Gasteiger partial charge in [-0.1, -0.05) is 0 Å². The van der Waals surface area contributed by atoms with Gasteiger partial charge in [-0.3, -0.25) is 0 Å². The summed E-state index contributed by atoms with van der Waals surface area (Å²) in [5, 5.41) is 20.5. The van der Waals surface area contributed by atoms with E-state index in [1.54, 1.807) is 0 Å². The molecular formula is C11H14FNO4. The predicted molar refractivity (Wildman–Crippen MR) is 59.3 cm³/mol. The van der Waals surface area contributed by atoms with Gasteiger partial charge in [0.1, 0.15) is 5.82 Å². The molecule has 1 unspecified atom stereocenters. The second-order valence-electron chi connectivity index (χ2n) is 3.40. The summed E-state index contributed by atoms with van der Waals surface area (Å²) in [6.45, 7) is -0.353. The Morgan fingerprint density at radius 1 is 1.59 bits per heavy atom. The molecule has 0 fully saturated rings. The van der Waals surface area contributed by atoms with Gasteiger partial charge in [-0.2, -0.15) is 0 Å². The molecule has 0 heterocycles. The first kappa shape index (κ1) is 13.4. The standard InChI is InChI=1S/C11H14FNO4/c1-17-11(16)9-4-7(12)2-3-10(9)13-5-8(15)6-14/h2-4,8,13-15H,5-6H2,1H3. The van der Waals surface area contributed by atoms with E-state index in [-0.39, 0.29) is 12.1 Å². The minimum Gasteiger partial charge on any atom is -0.465 e. The van der Waals surface area contributed by atoms with Crippen LogP contribution >= 0.6 is 0 Å². The summed E-state index contributed by atoms with van der Waals surface area (Å²) in [6.07, 6.45) is -0.953. The quantitative estimate of drug-likeness (QED) is 0.651. The van der Waals surface area contributed by atoms with E-state index in [1.807, 2.05) is 0 Å². The monoisotopic (exact) mass is 243 g/mol. The first-order valence-electron chi connectivity index (χ1n) is 4.99. The van der Waals surface area contributed by atoms with Crippen LogP contribution in [0.1, 0.15) is 10.4 Å². The number of benzene rings is 1. The molecule has 17 heavy (non-hydrogen) atoms. The Kier molecular flexibility index (Phi) is 4.86. The molecule has 0 aliphatic rings. The second kappa shape index (κ2) is 6.17. The highest BCUT2D eigenvalue weighted by Gasteiger charge is 2.13. The first-order valence-corrected chi connectivity index (χ1v) is 4.99. The van der Waals surface area contributed by atoms with Gasteiger partial charge in [0.05, 0.1) is 25.4 Å². The van der Waals surface area contributed by atoms with Crippen LogP contribution in [0.3, 0.4) is 0 Å². The molecule has 0 aliphatic heterocycles. The van der Waals surface area contributed by atoms with Crippen molar-refractivity contribution in [2.75, 3.05) is 25.6 Å². The Bertz CT molecular complexity index is 397. The molecule has 3 N–H and O–H groups in total. The average Bonchev–Trinajstić information content (AvgIpc) is 2.35. The Morgan fingerprint density at radius 3 is 2.88 bits per heavy atom. The number of hydrogen-bond acceptors (Lipinski definition) is 5.